The maximum atomic E-state index is 4.36. The Morgan fingerprint density at radius 3 is 2.88 bits per heavy atom. The molecule has 0 saturated carbocycles. The Balaban J connectivity index is 1.69. The van der Waals surface area contributed by atoms with E-state index in [0.29, 0.717) is 6.04 Å². The molecule has 2 aromatic heterocycles. The summed E-state index contributed by atoms with van der Waals surface area (Å²) in [5.41, 5.74) is 1.24. The Bertz CT molecular complexity index is 473. The standard InChI is InChI=1S/C11H13N5/c1-9-2-3-12-11(6-9)15-7-10(8-15)16-5-4-13-14-16/h2-6,10H,7-8H2,1H3. The summed E-state index contributed by atoms with van der Waals surface area (Å²) in [6.45, 7) is 4.00. The Hall–Kier alpha value is -1.91. The number of nitrogens with zero attached hydrogens (tertiary/aromatic N) is 5. The fourth-order valence-electron chi connectivity index (χ4n) is 1.91. The van der Waals surface area contributed by atoms with Crippen molar-refractivity contribution in [1.29, 1.82) is 0 Å². The van der Waals surface area contributed by atoms with Crippen LogP contribution in [0.2, 0.25) is 0 Å². The molecule has 0 amide bonds. The molecule has 0 bridgehead atoms. The van der Waals surface area contributed by atoms with E-state index in [2.05, 4.69) is 33.2 Å². The van der Waals surface area contributed by atoms with Crippen molar-refractivity contribution in [3.05, 3.63) is 36.3 Å². The van der Waals surface area contributed by atoms with Crippen molar-refractivity contribution in [3.8, 4) is 0 Å². The molecular formula is C11H13N5. The zero-order valence-corrected chi connectivity index (χ0v) is 9.11. The van der Waals surface area contributed by atoms with Gasteiger partial charge in [0, 0.05) is 25.5 Å². The molecule has 0 N–H and O–H groups in total. The molecule has 1 aliphatic heterocycles. The van der Waals surface area contributed by atoms with Crippen molar-refractivity contribution in [2.24, 2.45) is 0 Å². The average Bonchev–Trinajstić information content (AvgIpc) is 2.69. The van der Waals surface area contributed by atoms with Gasteiger partial charge in [-0.05, 0) is 24.6 Å². The van der Waals surface area contributed by atoms with Crippen molar-refractivity contribution in [2.45, 2.75) is 13.0 Å². The molecule has 0 aliphatic carbocycles. The third-order valence-corrected chi connectivity index (χ3v) is 2.90. The van der Waals surface area contributed by atoms with Gasteiger partial charge < -0.3 is 4.90 Å². The molecule has 0 unspecified atom stereocenters. The van der Waals surface area contributed by atoms with Crippen molar-refractivity contribution >= 4 is 5.82 Å². The second kappa shape index (κ2) is 3.59. The molecule has 0 spiro atoms. The SMILES string of the molecule is Cc1ccnc(N2CC(n3ccnn3)C2)c1. The van der Waals surface area contributed by atoms with E-state index < -0.39 is 0 Å². The van der Waals surface area contributed by atoms with Crippen LogP contribution in [0.25, 0.3) is 0 Å². The van der Waals surface area contributed by atoms with Gasteiger partial charge in [0.05, 0.1) is 12.2 Å². The monoisotopic (exact) mass is 215 g/mol. The quantitative estimate of drug-likeness (QED) is 0.751. The van der Waals surface area contributed by atoms with Gasteiger partial charge >= 0.3 is 0 Å². The minimum Gasteiger partial charge on any atom is -0.352 e. The van der Waals surface area contributed by atoms with Crippen molar-refractivity contribution in [1.82, 2.24) is 20.0 Å². The summed E-state index contributed by atoms with van der Waals surface area (Å²) in [4.78, 5) is 6.61. The molecule has 1 aliphatic rings. The number of pyridine rings is 1. The van der Waals surface area contributed by atoms with Crippen LogP contribution >= 0.6 is 0 Å². The largest absolute Gasteiger partial charge is 0.352 e. The zero-order chi connectivity index (χ0) is 11.0. The lowest BCUT2D eigenvalue weighted by atomic mass is 10.1. The Morgan fingerprint density at radius 1 is 1.31 bits per heavy atom. The first kappa shape index (κ1) is 9.33. The number of hydrogen-bond acceptors (Lipinski definition) is 4. The molecule has 5 nitrogen and oxygen atoms in total. The topological polar surface area (TPSA) is 46.8 Å². The van der Waals surface area contributed by atoms with Crippen LogP contribution in [0.15, 0.2) is 30.7 Å². The van der Waals surface area contributed by atoms with Gasteiger partial charge in [0.25, 0.3) is 0 Å². The van der Waals surface area contributed by atoms with E-state index in [1.807, 2.05) is 23.1 Å². The van der Waals surface area contributed by atoms with Crippen LogP contribution < -0.4 is 4.90 Å². The minimum atomic E-state index is 0.435. The minimum absolute atomic E-state index is 0.435. The zero-order valence-electron chi connectivity index (χ0n) is 9.11. The van der Waals surface area contributed by atoms with Crippen molar-refractivity contribution in [2.75, 3.05) is 18.0 Å². The summed E-state index contributed by atoms with van der Waals surface area (Å²) in [5.74, 6) is 1.05. The first-order chi connectivity index (χ1) is 7.83. The molecule has 2 aromatic rings. The number of aryl methyl sites for hydroxylation is 1. The lowest BCUT2D eigenvalue weighted by molar-refractivity contribution is 0.359. The van der Waals surface area contributed by atoms with Gasteiger partial charge in [-0.2, -0.15) is 0 Å². The Labute approximate surface area is 93.7 Å². The Morgan fingerprint density at radius 2 is 2.19 bits per heavy atom. The first-order valence-electron chi connectivity index (χ1n) is 5.36. The van der Waals surface area contributed by atoms with Crippen LogP contribution in [-0.4, -0.2) is 33.1 Å². The van der Waals surface area contributed by atoms with Crippen LogP contribution in [0.5, 0.6) is 0 Å². The smallest absolute Gasteiger partial charge is 0.128 e. The van der Waals surface area contributed by atoms with E-state index in [-0.39, 0.29) is 0 Å². The highest BCUT2D eigenvalue weighted by Crippen LogP contribution is 2.25. The van der Waals surface area contributed by atoms with Gasteiger partial charge in [-0.15, -0.1) is 5.10 Å². The summed E-state index contributed by atoms with van der Waals surface area (Å²) >= 11 is 0. The summed E-state index contributed by atoms with van der Waals surface area (Å²) in [5, 5.41) is 7.82. The molecule has 3 heterocycles. The number of aromatic nitrogens is 4. The molecule has 82 valence electrons. The predicted molar refractivity (Wildman–Crippen MR) is 60.2 cm³/mol. The maximum absolute atomic E-state index is 4.36. The highest BCUT2D eigenvalue weighted by Gasteiger charge is 2.29. The molecule has 5 heteroatoms. The van der Waals surface area contributed by atoms with Gasteiger partial charge in [-0.3, -0.25) is 0 Å². The number of anilines is 1. The fourth-order valence-corrected chi connectivity index (χ4v) is 1.91. The van der Waals surface area contributed by atoms with Gasteiger partial charge in [-0.25, -0.2) is 9.67 Å². The maximum Gasteiger partial charge on any atom is 0.128 e. The second-order valence-electron chi connectivity index (χ2n) is 4.13. The molecule has 3 rings (SSSR count). The van der Waals surface area contributed by atoms with Crippen LogP contribution in [0.3, 0.4) is 0 Å². The molecule has 1 saturated heterocycles. The van der Waals surface area contributed by atoms with E-state index in [0.717, 1.165) is 18.9 Å². The van der Waals surface area contributed by atoms with Gasteiger partial charge in [-0.1, -0.05) is 5.21 Å². The average molecular weight is 215 g/mol. The molecule has 0 atom stereocenters. The summed E-state index contributed by atoms with van der Waals surface area (Å²) < 4.78 is 1.91. The van der Waals surface area contributed by atoms with Gasteiger partial charge in [0.15, 0.2) is 0 Å². The second-order valence-corrected chi connectivity index (χ2v) is 4.13. The van der Waals surface area contributed by atoms with Crippen LogP contribution in [0, 0.1) is 6.92 Å². The lowest BCUT2D eigenvalue weighted by Crippen LogP contribution is -2.48. The van der Waals surface area contributed by atoms with E-state index in [4.69, 9.17) is 0 Å². The lowest BCUT2D eigenvalue weighted by Gasteiger charge is -2.39. The van der Waals surface area contributed by atoms with Crippen LogP contribution in [0.4, 0.5) is 5.82 Å². The predicted octanol–water partition coefficient (Wildman–Crippen LogP) is 1.04. The van der Waals surface area contributed by atoms with Crippen LogP contribution in [0.1, 0.15) is 11.6 Å². The van der Waals surface area contributed by atoms with E-state index in [1.54, 1.807) is 6.20 Å². The number of rotatable bonds is 2. The van der Waals surface area contributed by atoms with E-state index >= 15 is 0 Å². The molecule has 0 aromatic carbocycles. The highest BCUT2D eigenvalue weighted by molar-refractivity contribution is 5.43. The fraction of sp³-hybridized carbons (Fsp3) is 0.364. The summed E-state index contributed by atoms with van der Waals surface area (Å²) in [6, 6.07) is 4.56. The van der Waals surface area contributed by atoms with Gasteiger partial charge in [0.1, 0.15) is 5.82 Å². The van der Waals surface area contributed by atoms with Crippen molar-refractivity contribution < 1.29 is 0 Å². The summed E-state index contributed by atoms with van der Waals surface area (Å²) in [6.07, 6.45) is 5.48. The number of hydrogen-bond donors (Lipinski definition) is 0. The van der Waals surface area contributed by atoms with E-state index in [1.165, 1.54) is 5.56 Å². The third-order valence-electron chi connectivity index (χ3n) is 2.90. The Kier molecular flexibility index (Phi) is 2.09. The van der Waals surface area contributed by atoms with Crippen LogP contribution in [-0.2, 0) is 0 Å². The van der Waals surface area contributed by atoms with Crippen molar-refractivity contribution in [3.63, 3.8) is 0 Å². The normalized spacial score (nSPS) is 16.2. The molecule has 1 fully saturated rings. The molecular weight excluding hydrogens is 202 g/mol. The van der Waals surface area contributed by atoms with E-state index in [9.17, 15) is 0 Å². The molecule has 16 heavy (non-hydrogen) atoms. The molecule has 0 radical (unpaired) electrons. The summed E-state index contributed by atoms with van der Waals surface area (Å²) in [7, 11) is 0. The third kappa shape index (κ3) is 1.54. The highest BCUT2D eigenvalue weighted by atomic mass is 15.5. The van der Waals surface area contributed by atoms with Gasteiger partial charge in [0.2, 0.25) is 0 Å². The first-order valence-corrected chi connectivity index (χ1v) is 5.36.